The molecule has 2 rings (SSSR count). The van der Waals surface area contributed by atoms with Crippen LogP contribution >= 0.6 is 0 Å². The minimum absolute atomic E-state index is 0.106. The van der Waals surface area contributed by atoms with Crippen molar-refractivity contribution < 1.29 is 13.9 Å². The van der Waals surface area contributed by atoms with Crippen LogP contribution < -0.4 is 10.1 Å². The molecule has 1 aliphatic heterocycles. The van der Waals surface area contributed by atoms with Gasteiger partial charge in [-0.05, 0) is 44.4 Å². The molecule has 1 aliphatic rings. The molecule has 19 heavy (non-hydrogen) atoms. The molecule has 0 bridgehead atoms. The third-order valence-electron chi connectivity index (χ3n) is 3.43. The van der Waals surface area contributed by atoms with Crippen LogP contribution in [-0.4, -0.2) is 25.9 Å². The normalized spacial score (nSPS) is 20.5. The number of hydrogen-bond acceptors (Lipinski definition) is 3. The van der Waals surface area contributed by atoms with Gasteiger partial charge < -0.3 is 14.8 Å². The van der Waals surface area contributed by atoms with Crippen molar-refractivity contribution in [3.05, 3.63) is 29.6 Å². The van der Waals surface area contributed by atoms with Gasteiger partial charge in [0, 0.05) is 19.2 Å². The average Bonchev–Trinajstić information content (AvgIpc) is 2.91. The van der Waals surface area contributed by atoms with E-state index >= 15 is 0 Å². The highest BCUT2D eigenvalue weighted by atomic mass is 19.1. The zero-order valence-corrected chi connectivity index (χ0v) is 11.6. The van der Waals surface area contributed by atoms with E-state index in [2.05, 4.69) is 5.32 Å². The van der Waals surface area contributed by atoms with Gasteiger partial charge in [-0.2, -0.15) is 0 Å². The number of ether oxygens (including phenoxy) is 2. The second-order valence-electron chi connectivity index (χ2n) is 4.89. The minimum atomic E-state index is -0.301. The maximum Gasteiger partial charge on any atom is 0.165 e. The van der Waals surface area contributed by atoms with Crippen LogP contribution in [-0.2, 0) is 4.74 Å². The molecule has 4 heteroatoms. The molecule has 1 aromatic rings. The zero-order valence-electron chi connectivity index (χ0n) is 11.6. The van der Waals surface area contributed by atoms with Crippen molar-refractivity contribution in [2.45, 2.75) is 38.8 Å². The Balaban J connectivity index is 1.90. The fraction of sp³-hybridized carbons (Fsp3) is 0.600. The summed E-state index contributed by atoms with van der Waals surface area (Å²) in [6.45, 7) is 6.03. The molecule has 3 nitrogen and oxygen atoms in total. The molecule has 0 radical (unpaired) electrons. The van der Waals surface area contributed by atoms with Crippen LogP contribution in [0.5, 0.6) is 5.75 Å². The van der Waals surface area contributed by atoms with Crippen molar-refractivity contribution in [3.63, 3.8) is 0 Å². The van der Waals surface area contributed by atoms with Crippen molar-refractivity contribution in [2.75, 3.05) is 19.8 Å². The van der Waals surface area contributed by atoms with Gasteiger partial charge in [-0.3, -0.25) is 0 Å². The van der Waals surface area contributed by atoms with Gasteiger partial charge in [0.2, 0.25) is 0 Å². The topological polar surface area (TPSA) is 30.5 Å². The summed E-state index contributed by atoms with van der Waals surface area (Å²) in [5, 5.41) is 3.39. The molecule has 0 unspecified atom stereocenters. The summed E-state index contributed by atoms with van der Waals surface area (Å²) in [7, 11) is 0. The first-order chi connectivity index (χ1) is 9.20. The van der Waals surface area contributed by atoms with E-state index in [1.54, 1.807) is 6.07 Å². The Hall–Kier alpha value is -1.13. The molecule has 106 valence electrons. The van der Waals surface area contributed by atoms with Gasteiger partial charge in [0.05, 0.1) is 12.7 Å². The molecule has 1 fully saturated rings. The van der Waals surface area contributed by atoms with Crippen LogP contribution in [0.15, 0.2) is 18.2 Å². The van der Waals surface area contributed by atoms with E-state index in [9.17, 15) is 4.39 Å². The van der Waals surface area contributed by atoms with Crippen LogP contribution in [0, 0.1) is 5.82 Å². The SMILES string of the molecule is CCOc1ccc([C@@H](C)NC[C@@H]2CCCO2)cc1F. The molecular formula is C15H22FNO2. The largest absolute Gasteiger partial charge is 0.491 e. The number of halogens is 1. The summed E-state index contributed by atoms with van der Waals surface area (Å²) >= 11 is 0. The van der Waals surface area contributed by atoms with E-state index < -0.39 is 0 Å². The summed E-state index contributed by atoms with van der Waals surface area (Å²) in [6, 6.07) is 5.24. The van der Waals surface area contributed by atoms with Crippen molar-refractivity contribution >= 4 is 0 Å². The van der Waals surface area contributed by atoms with E-state index in [1.165, 1.54) is 6.07 Å². The summed E-state index contributed by atoms with van der Waals surface area (Å²) in [5.41, 5.74) is 0.930. The number of hydrogen-bond donors (Lipinski definition) is 1. The molecule has 1 N–H and O–H groups in total. The Bertz CT molecular complexity index is 405. The lowest BCUT2D eigenvalue weighted by atomic mass is 10.1. The summed E-state index contributed by atoms with van der Waals surface area (Å²) in [6.07, 6.45) is 2.55. The highest BCUT2D eigenvalue weighted by molar-refractivity contribution is 5.30. The lowest BCUT2D eigenvalue weighted by Gasteiger charge is -2.18. The van der Waals surface area contributed by atoms with E-state index in [4.69, 9.17) is 9.47 Å². The zero-order chi connectivity index (χ0) is 13.7. The minimum Gasteiger partial charge on any atom is -0.491 e. The third-order valence-corrected chi connectivity index (χ3v) is 3.43. The van der Waals surface area contributed by atoms with Gasteiger partial charge in [0.1, 0.15) is 0 Å². The van der Waals surface area contributed by atoms with Gasteiger partial charge in [-0.15, -0.1) is 0 Å². The van der Waals surface area contributed by atoms with Gasteiger partial charge in [-0.25, -0.2) is 4.39 Å². The first-order valence-corrected chi connectivity index (χ1v) is 6.98. The molecule has 1 heterocycles. The van der Waals surface area contributed by atoms with Crippen LogP contribution in [0.1, 0.15) is 38.3 Å². The van der Waals surface area contributed by atoms with Crippen LogP contribution in [0.3, 0.4) is 0 Å². The second-order valence-corrected chi connectivity index (χ2v) is 4.89. The van der Waals surface area contributed by atoms with Crippen LogP contribution in [0.4, 0.5) is 4.39 Å². The van der Waals surface area contributed by atoms with Crippen molar-refractivity contribution in [1.82, 2.24) is 5.32 Å². The first-order valence-electron chi connectivity index (χ1n) is 6.98. The van der Waals surface area contributed by atoms with Gasteiger partial charge in [0.15, 0.2) is 11.6 Å². The van der Waals surface area contributed by atoms with Crippen LogP contribution in [0.2, 0.25) is 0 Å². The smallest absolute Gasteiger partial charge is 0.165 e. The van der Waals surface area contributed by atoms with Crippen molar-refractivity contribution in [2.24, 2.45) is 0 Å². The van der Waals surface area contributed by atoms with Gasteiger partial charge in [-0.1, -0.05) is 6.07 Å². The van der Waals surface area contributed by atoms with Gasteiger partial charge in [0.25, 0.3) is 0 Å². The lowest BCUT2D eigenvalue weighted by Crippen LogP contribution is -2.28. The van der Waals surface area contributed by atoms with Crippen LogP contribution in [0.25, 0.3) is 0 Å². The predicted molar refractivity (Wildman–Crippen MR) is 73.0 cm³/mol. The summed E-state index contributed by atoms with van der Waals surface area (Å²) < 4.78 is 24.5. The van der Waals surface area contributed by atoms with E-state index in [1.807, 2.05) is 19.9 Å². The Morgan fingerprint density at radius 1 is 1.53 bits per heavy atom. The predicted octanol–water partition coefficient (Wildman–Crippen LogP) is 3.05. The third kappa shape index (κ3) is 3.91. The maximum absolute atomic E-state index is 13.8. The van der Waals surface area contributed by atoms with Gasteiger partial charge >= 0.3 is 0 Å². The fourth-order valence-corrected chi connectivity index (χ4v) is 2.29. The summed E-state index contributed by atoms with van der Waals surface area (Å²) in [5.74, 6) is 0.0164. The van der Waals surface area contributed by atoms with E-state index in [0.29, 0.717) is 18.5 Å². The first kappa shape index (κ1) is 14.3. The molecule has 0 aliphatic carbocycles. The second kappa shape index (κ2) is 6.87. The standard InChI is InChI=1S/C15H22FNO2/c1-3-18-15-7-6-12(9-14(15)16)11(2)17-10-13-5-4-8-19-13/h6-7,9,11,13,17H,3-5,8,10H2,1-2H3/t11-,13+/m1/s1. The number of benzene rings is 1. The van der Waals surface area contributed by atoms with Crippen molar-refractivity contribution in [3.8, 4) is 5.75 Å². The van der Waals surface area contributed by atoms with Crippen molar-refractivity contribution in [1.29, 1.82) is 0 Å². The molecule has 2 atom stereocenters. The average molecular weight is 267 g/mol. The van der Waals surface area contributed by atoms with E-state index in [-0.39, 0.29) is 11.9 Å². The Morgan fingerprint density at radius 3 is 3.00 bits per heavy atom. The quantitative estimate of drug-likeness (QED) is 0.859. The molecule has 1 aromatic carbocycles. The number of nitrogens with one attached hydrogen (secondary N) is 1. The molecular weight excluding hydrogens is 245 g/mol. The molecule has 1 saturated heterocycles. The Kier molecular flexibility index (Phi) is 5.16. The highest BCUT2D eigenvalue weighted by Crippen LogP contribution is 2.22. The molecule has 0 amide bonds. The highest BCUT2D eigenvalue weighted by Gasteiger charge is 2.17. The van der Waals surface area contributed by atoms with E-state index in [0.717, 1.165) is 31.6 Å². The fourth-order valence-electron chi connectivity index (χ4n) is 2.29. The Labute approximate surface area is 114 Å². The molecule has 0 spiro atoms. The lowest BCUT2D eigenvalue weighted by molar-refractivity contribution is 0.108. The summed E-state index contributed by atoms with van der Waals surface area (Å²) in [4.78, 5) is 0. The maximum atomic E-state index is 13.8. The molecule has 0 aromatic heterocycles. The monoisotopic (exact) mass is 267 g/mol. The number of rotatable bonds is 6. The Morgan fingerprint density at radius 2 is 2.37 bits per heavy atom. The molecule has 0 saturated carbocycles.